The Balaban J connectivity index is 2.01. The number of esters is 1. The van der Waals surface area contributed by atoms with Gasteiger partial charge in [-0.25, -0.2) is 4.79 Å². The molecule has 0 bridgehead atoms. The van der Waals surface area contributed by atoms with Gasteiger partial charge in [0.1, 0.15) is 11.6 Å². The molecule has 2 aromatic rings. The fourth-order valence-electron chi connectivity index (χ4n) is 3.11. The van der Waals surface area contributed by atoms with E-state index in [9.17, 15) is 10.1 Å². The SMILES string of the molecule is CCOC(=O)C(C#N)=C(C)CCCN(Cc1ccccc1)Cc1ccccc1. The first-order valence-electron chi connectivity index (χ1n) is 9.71. The third-order valence-electron chi connectivity index (χ3n) is 4.54. The van der Waals surface area contributed by atoms with Crippen molar-refractivity contribution in [3.63, 3.8) is 0 Å². The van der Waals surface area contributed by atoms with E-state index in [0.29, 0.717) is 6.42 Å². The number of benzene rings is 2. The normalized spacial score (nSPS) is 11.6. The van der Waals surface area contributed by atoms with Crippen molar-refractivity contribution < 1.29 is 9.53 Å². The van der Waals surface area contributed by atoms with Crippen molar-refractivity contribution in [1.82, 2.24) is 4.90 Å². The highest BCUT2D eigenvalue weighted by atomic mass is 16.5. The quantitative estimate of drug-likeness (QED) is 0.337. The first-order valence-corrected chi connectivity index (χ1v) is 9.71. The highest BCUT2D eigenvalue weighted by molar-refractivity contribution is 5.93. The summed E-state index contributed by atoms with van der Waals surface area (Å²) < 4.78 is 4.97. The van der Waals surface area contributed by atoms with Gasteiger partial charge in [-0.3, -0.25) is 4.90 Å². The van der Waals surface area contributed by atoms with Gasteiger partial charge in [0.2, 0.25) is 0 Å². The smallest absolute Gasteiger partial charge is 0.348 e. The molecule has 0 saturated carbocycles. The number of hydrogen-bond donors (Lipinski definition) is 0. The second-order valence-electron chi connectivity index (χ2n) is 6.77. The number of carbonyl (C=O) groups is 1. The Bertz CT molecular complexity index is 766. The third-order valence-corrected chi connectivity index (χ3v) is 4.54. The van der Waals surface area contributed by atoms with Crippen molar-refractivity contribution in [1.29, 1.82) is 5.26 Å². The zero-order valence-corrected chi connectivity index (χ0v) is 16.7. The maximum atomic E-state index is 11.9. The van der Waals surface area contributed by atoms with Crippen LogP contribution in [0, 0.1) is 11.3 Å². The molecule has 0 saturated heterocycles. The summed E-state index contributed by atoms with van der Waals surface area (Å²) in [4.78, 5) is 14.3. The van der Waals surface area contributed by atoms with Crippen LogP contribution in [0.15, 0.2) is 71.8 Å². The Morgan fingerprint density at radius 2 is 1.54 bits per heavy atom. The molecule has 0 unspecified atom stereocenters. The van der Waals surface area contributed by atoms with Gasteiger partial charge >= 0.3 is 5.97 Å². The summed E-state index contributed by atoms with van der Waals surface area (Å²) in [7, 11) is 0. The average Bonchev–Trinajstić information content (AvgIpc) is 2.70. The van der Waals surface area contributed by atoms with Crippen molar-refractivity contribution in [2.24, 2.45) is 0 Å². The summed E-state index contributed by atoms with van der Waals surface area (Å²) in [6, 6.07) is 22.8. The number of hydrogen-bond acceptors (Lipinski definition) is 4. The van der Waals surface area contributed by atoms with Crippen LogP contribution in [0.1, 0.15) is 37.8 Å². The molecule has 2 rings (SSSR count). The lowest BCUT2D eigenvalue weighted by atomic mass is 10.1. The number of allylic oxidation sites excluding steroid dienone is 1. The van der Waals surface area contributed by atoms with E-state index in [-0.39, 0.29) is 12.2 Å². The van der Waals surface area contributed by atoms with Crippen molar-refractivity contribution in [2.45, 2.75) is 39.8 Å². The molecular formula is C24H28N2O2. The average molecular weight is 377 g/mol. The molecule has 0 N–H and O–H groups in total. The minimum atomic E-state index is -0.520. The molecule has 0 radical (unpaired) electrons. The summed E-state index contributed by atoms with van der Waals surface area (Å²) in [5.41, 5.74) is 3.48. The van der Waals surface area contributed by atoms with Crippen LogP contribution < -0.4 is 0 Å². The molecule has 0 heterocycles. The summed E-state index contributed by atoms with van der Waals surface area (Å²) in [6.45, 7) is 6.46. The van der Waals surface area contributed by atoms with E-state index in [1.54, 1.807) is 6.92 Å². The van der Waals surface area contributed by atoms with Crippen LogP contribution in [0.3, 0.4) is 0 Å². The number of nitriles is 1. The molecule has 146 valence electrons. The number of nitrogens with zero attached hydrogens (tertiary/aromatic N) is 2. The van der Waals surface area contributed by atoms with E-state index in [0.717, 1.165) is 31.6 Å². The molecule has 0 aliphatic heterocycles. The van der Waals surface area contributed by atoms with E-state index < -0.39 is 5.97 Å². The standard InChI is InChI=1S/C24H28N2O2/c1-3-28-24(27)23(17-25)20(2)11-10-16-26(18-21-12-6-4-7-13-21)19-22-14-8-5-9-15-22/h4-9,12-15H,3,10-11,16,18-19H2,1-2H3. The van der Waals surface area contributed by atoms with Gasteiger partial charge in [-0.15, -0.1) is 0 Å². The lowest BCUT2D eigenvalue weighted by Crippen LogP contribution is -2.24. The molecule has 0 aromatic heterocycles. The van der Waals surface area contributed by atoms with E-state index in [4.69, 9.17) is 4.74 Å². The van der Waals surface area contributed by atoms with Gasteiger partial charge in [0.15, 0.2) is 0 Å². The Kier molecular flexibility index (Phi) is 8.97. The molecule has 28 heavy (non-hydrogen) atoms. The van der Waals surface area contributed by atoms with Crippen molar-refractivity contribution >= 4 is 5.97 Å². The van der Waals surface area contributed by atoms with Crippen molar-refractivity contribution in [3.05, 3.63) is 82.9 Å². The van der Waals surface area contributed by atoms with Crippen LogP contribution >= 0.6 is 0 Å². The summed E-state index contributed by atoms with van der Waals surface area (Å²) >= 11 is 0. The first kappa shape index (κ1) is 21.4. The molecule has 0 atom stereocenters. The van der Waals surface area contributed by atoms with Crippen LogP contribution in [0.5, 0.6) is 0 Å². The number of ether oxygens (including phenoxy) is 1. The van der Waals surface area contributed by atoms with Crippen LogP contribution in [-0.4, -0.2) is 24.0 Å². The van der Waals surface area contributed by atoms with Crippen LogP contribution in [0.25, 0.3) is 0 Å². The molecule has 0 amide bonds. The fourth-order valence-corrected chi connectivity index (χ4v) is 3.11. The highest BCUT2D eigenvalue weighted by Gasteiger charge is 2.14. The minimum absolute atomic E-state index is 0.138. The minimum Gasteiger partial charge on any atom is -0.462 e. The molecular weight excluding hydrogens is 348 g/mol. The van der Waals surface area contributed by atoms with E-state index in [1.165, 1.54) is 11.1 Å². The first-order chi connectivity index (χ1) is 13.6. The van der Waals surface area contributed by atoms with Gasteiger partial charge in [-0.1, -0.05) is 60.7 Å². The zero-order chi connectivity index (χ0) is 20.2. The van der Waals surface area contributed by atoms with E-state index in [2.05, 4.69) is 53.4 Å². The topological polar surface area (TPSA) is 53.3 Å². The maximum Gasteiger partial charge on any atom is 0.348 e. The highest BCUT2D eigenvalue weighted by Crippen LogP contribution is 2.15. The lowest BCUT2D eigenvalue weighted by molar-refractivity contribution is -0.138. The lowest BCUT2D eigenvalue weighted by Gasteiger charge is -2.23. The van der Waals surface area contributed by atoms with Gasteiger partial charge in [0.25, 0.3) is 0 Å². The molecule has 0 fully saturated rings. The monoisotopic (exact) mass is 376 g/mol. The molecule has 0 aliphatic carbocycles. The number of rotatable bonds is 10. The summed E-state index contributed by atoms with van der Waals surface area (Å²) in [5, 5.41) is 9.27. The Labute approximate surface area is 168 Å². The van der Waals surface area contributed by atoms with Crippen molar-refractivity contribution in [3.8, 4) is 6.07 Å². The summed E-state index contributed by atoms with van der Waals surface area (Å²) in [5.74, 6) is -0.520. The summed E-state index contributed by atoms with van der Waals surface area (Å²) in [6.07, 6.45) is 1.57. The van der Waals surface area contributed by atoms with Crippen LogP contribution in [0.4, 0.5) is 0 Å². The second kappa shape index (κ2) is 11.7. The Hall–Kier alpha value is -2.90. The van der Waals surface area contributed by atoms with Crippen molar-refractivity contribution in [2.75, 3.05) is 13.2 Å². The maximum absolute atomic E-state index is 11.9. The molecule has 4 heteroatoms. The largest absolute Gasteiger partial charge is 0.462 e. The van der Waals surface area contributed by atoms with E-state index >= 15 is 0 Å². The van der Waals surface area contributed by atoms with Gasteiger partial charge < -0.3 is 4.74 Å². The Morgan fingerprint density at radius 1 is 1.00 bits per heavy atom. The van der Waals surface area contributed by atoms with Crippen LogP contribution in [0.2, 0.25) is 0 Å². The Morgan fingerprint density at radius 3 is 2.00 bits per heavy atom. The van der Waals surface area contributed by atoms with Gasteiger partial charge in [-0.05, 0) is 49.9 Å². The van der Waals surface area contributed by atoms with Gasteiger partial charge in [0, 0.05) is 13.1 Å². The molecule has 2 aromatic carbocycles. The van der Waals surface area contributed by atoms with Crippen LogP contribution in [-0.2, 0) is 22.6 Å². The molecule has 4 nitrogen and oxygen atoms in total. The van der Waals surface area contributed by atoms with E-state index in [1.807, 2.05) is 25.1 Å². The third kappa shape index (κ3) is 7.02. The second-order valence-corrected chi connectivity index (χ2v) is 6.77. The van der Waals surface area contributed by atoms with Gasteiger partial charge in [-0.2, -0.15) is 5.26 Å². The fraction of sp³-hybridized carbons (Fsp3) is 0.333. The number of carbonyl (C=O) groups excluding carboxylic acids is 1. The predicted octanol–water partition coefficient (Wildman–Crippen LogP) is 4.87. The van der Waals surface area contributed by atoms with Gasteiger partial charge in [0.05, 0.1) is 6.61 Å². The predicted molar refractivity (Wildman–Crippen MR) is 111 cm³/mol. The zero-order valence-electron chi connectivity index (χ0n) is 16.7. The molecule has 0 spiro atoms. The molecule has 0 aliphatic rings.